The van der Waals surface area contributed by atoms with Gasteiger partial charge in [0.15, 0.2) is 0 Å². The van der Waals surface area contributed by atoms with Crippen LogP contribution in [0.5, 0.6) is 0 Å². The van der Waals surface area contributed by atoms with Gasteiger partial charge in [0.25, 0.3) is 0 Å². The molecule has 1 rings (SSSR count). The first kappa shape index (κ1) is 20.3. The molecule has 134 valence electrons. The van der Waals surface area contributed by atoms with Crippen LogP contribution in [0.15, 0.2) is 0 Å². The number of hydrogen-bond donors (Lipinski definition) is 0. The number of hydrogen-bond acceptors (Lipinski definition) is 6. The minimum atomic E-state index is -2.98. The van der Waals surface area contributed by atoms with Crippen molar-refractivity contribution in [2.24, 2.45) is 5.92 Å². The van der Waals surface area contributed by atoms with E-state index in [0.29, 0.717) is 6.42 Å². The Kier molecular flexibility index (Phi) is 8.97. The Hall–Kier alpha value is -0.763. The van der Waals surface area contributed by atoms with E-state index in [1.165, 1.54) is 19.3 Å². The fraction of sp³-hybridized carbons (Fsp3) is 0.875. The normalized spacial score (nSPS) is 20.4. The molecule has 0 radical (unpaired) electrons. The van der Waals surface area contributed by atoms with Crippen molar-refractivity contribution in [1.82, 2.24) is 0 Å². The molecule has 1 aliphatic heterocycles. The quantitative estimate of drug-likeness (QED) is 0.248. The zero-order chi connectivity index (χ0) is 17.3. The van der Waals surface area contributed by atoms with Crippen LogP contribution >= 0.6 is 0 Å². The fourth-order valence-corrected chi connectivity index (χ4v) is 6.05. The van der Waals surface area contributed by atoms with Crippen LogP contribution < -0.4 is 0 Å². The van der Waals surface area contributed by atoms with Crippen LogP contribution in [0.4, 0.5) is 0 Å². The van der Waals surface area contributed by atoms with Gasteiger partial charge in [-0.25, -0.2) is 0 Å². The Morgan fingerprint density at radius 1 is 1.09 bits per heavy atom. The molecule has 1 saturated heterocycles. The summed E-state index contributed by atoms with van der Waals surface area (Å²) >= 11 is 0. The van der Waals surface area contributed by atoms with Crippen LogP contribution in [-0.4, -0.2) is 42.1 Å². The van der Waals surface area contributed by atoms with Gasteiger partial charge in [-0.3, -0.25) is 9.59 Å². The SMILES string of the molecule is CCCCCCCC(C1CCC(=O)OC1=O)[Si](OC)(OC)OC. The molecule has 7 heteroatoms. The van der Waals surface area contributed by atoms with E-state index < -0.39 is 26.7 Å². The van der Waals surface area contributed by atoms with Gasteiger partial charge in [0.2, 0.25) is 0 Å². The highest BCUT2D eigenvalue weighted by Crippen LogP contribution is 2.41. The van der Waals surface area contributed by atoms with Crippen molar-refractivity contribution >= 4 is 20.7 Å². The number of unbranched alkanes of at least 4 members (excludes halogenated alkanes) is 4. The lowest BCUT2D eigenvalue weighted by Crippen LogP contribution is -2.52. The van der Waals surface area contributed by atoms with Gasteiger partial charge in [0.1, 0.15) is 0 Å². The van der Waals surface area contributed by atoms with Crippen molar-refractivity contribution in [2.75, 3.05) is 21.3 Å². The van der Waals surface area contributed by atoms with E-state index in [1.54, 1.807) is 21.3 Å². The third kappa shape index (κ3) is 5.38. The van der Waals surface area contributed by atoms with Gasteiger partial charge in [-0.1, -0.05) is 39.0 Å². The van der Waals surface area contributed by atoms with Crippen molar-refractivity contribution in [3.8, 4) is 0 Å². The van der Waals surface area contributed by atoms with E-state index in [2.05, 4.69) is 6.92 Å². The molecular weight excluding hydrogens is 316 g/mol. The average molecular weight is 346 g/mol. The van der Waals surface area contributed by atoms with Gasteiger partial charge in [-0.2, -0.15) is 0 Å². The summed E-state index contributed by atoms with van der Waals surface area (Å²) in [5.74, 6) is -1.32. The van der Waals surface area contributed by atoms with Crippen LogP contribution in [0, 0.1) is 5.92 Å². The van der Waals surface area contributed by atoms with Crippen LogP contribution in [0.2, 0.25) is 5.54 Å². The van der Waals surface area contributed by atoms with Crippen molar-refractivity contribution in [2.45, 2.75) is 63.8 Å². The molecule has 0 aliphatic carbocycles. The predicted molar refractivity (Wildman–Crippen MR) is 87.7 cm³/mol. The summed E-state index contributed by atoms with van der Waals surface area (Å²) in [5.41, 5.74) is -0.176. The second-order valence-electron chi connectivity index (χ2n) is 5.96. The minimum absolute atomic E-state index is 0.176. The highest BCUT2D eigenvalue weighted by atomic mass is 28.4. The molecule has 2 unspecified atom stereocenters. The molecule has 0 saturated carbocycles. The van der Waals surface area contributed by atoms with Gasteiger partial charge in [0.05, 0.1) is 5.92 Å². The van der Waals surface area contributed by atoms with Crippen LogP contribution in [0.3, 0.4) is 0 Å². The first-order chi connectivity index (χ1) is 11.0. The summed E-state index contributed by atoms with van der Waals surface area (Å²) in [7, 11) is 1.70. The van der Waals surface area contributed by atoms with E-state index in [9.17, 15) is 9.59 Å². The van der Waals surface area contributed by atoms with E-state index in [0.717, 1.165) is 19.3 Å². The largest absolute Gasteiger partial charge is 0.504 e. The summed E-state index contributed by atoms with van der Waals surface area (Å²) < 4.78 is 21.7. The predicted octanol–water partition coefficient (Wildman–Crippen LogP) is 3.08. The minimum Gasteiger partial charge on any atom is -0.393 e. The summed E-state index contributed by atoms with van der Waals surface area (Å²) in [6.07, 6.45) is 7.17. The number of rotatable bonds is 11. The lowest BCUT2D eigenvalue weighted by molar-refractivity contribution is -0.168. The lowest BCUT2D eigenvalue weighted by atomic mass is 9.93. The molecule has 0 aromatic heterocycles. The summed E-state index contributed by atoms with van der Waals surface area (Å²) in [6.45, 7) is 2.18. The number of carbonyl (C=O) groups excluding carboxylic acids is 2. The monoisotopic (exact) mass is 346 g/mol. The fourth-order valence-electron chi connectivity index (χ4n) is 3.29. The molecule has 0 spiro atoms. The molecule has 0 aromatic rings. The van der Waals surface area contributed by atoms with Gasteiger partial charge in [-0.15, -0.1) is 0 Å². The molecule has 1 aliphatic rings. The number of carbonyl (C=O) groups is 2. The summed E-state index contributed by atoms with van der Waals surface area (Å²) in [4.78, 5) is 23.5. The third-order valence-corrected chi connectivity index (χ3v) is 7.90. The molecule has 23 heavy (non-hydrogen) atoms. The Bertz CT molecular complexity index is 375. The smallest absolute Gasteiger partial charge is 0.393 e. The van der Waals surface area contributed by atoms with Gasteiger partial charge >= 0.3 is 20.7 Å². The maximum atomic E-state index is 12.2. The zero-order valence-corrected chi connectivity index (χ0v) is 15.8. The highest BCUT2D eigenvalue weighted by molar-refractivity contribution is 6.62. The number of ether oxygens (including phenoxy) is 1. The standard InChI is InChI=1S/C16H30O6Si/c1-5-6-7-8-9-10-14(23(19-2,20-3)21-4)13-11-12-15(17)22-16(13)18/h13-14H,5-12H2,1-4H3. The Labute approximate surface area is 140 Å². The molecule has 0 bridgehead atoms. The van der Waals surface area contributed by atoms with Crippen molar-refractivity contribution in [3.63, 3.8) is 0 Å². The maximum Gasteiger partial charge on any atom is 0.504 e. The Balaban J connectivity index is 2.82. The molecule has 2 atom stereocenters. The second-order valence-corrected chi connectivity index (χ2v) is 9.14. The molecule has 0 amide bonds. The Morgan fingerprint density at radius 2 is 1.70 bits per heavy atom. The van der Waals surface area contributed by atoms with Gasteiger partial charge < -0.3 is 18.0 Å². The summed E-state index contributed by atoms with van der Waals surface area (Å²) in [6, 6.07) is 0. The van der Waals surface area contributed by atoms with E-state index >= 15 is 0 Å². The van der Waals surface area contributed by atoms with E-state index in [1.807, 2.05) is 0 Å². The number of esters is 2. The topological polar surface area (TPSA) is 71.1 Å². The van der Waals surface area contributed by atoms with Gasteiger partial charge in [-0.05, 0) is 12.8 Å². The third-order valence-electron chi connectivity index (χ3n) is 4.59. The summed E-state index contributed by atoms with van der Waals surface area (Å²) in [5, 5.41) is 0. The first-order valence-electron chi connectivity index (χ1n) is 8.44. The number of cyclic esters (lactones) is 2. The van der Waals surface area contributed by atoms with E-state index in [-0.39, 0.29) is 12.0 Å². The van der Waals surface area contributed by atoms with E-state index in [4.69, 9.17) is 18.0 Å². The second kappa shape index (κ2) is 10.2. The van der Waals surface area contributed by atoms with Crippen LogP contribution in [-0.2, 0) is 27.6 Å². The molecule has 0 aromatic carbocycles. The molecule has 0 N–H and O–H groups in total. The first-order valence-corrected chi connectivity index (χ1v) is 10.2. The molecule has 6 nitrogen and oxygen atoms in total. The molecular formula is C16H30O6Si. The molecule has 1 heterocycles. The molecule has 1 fully saturated rings. The zero-order valence-electron chi connectivity index (χ0n) is 14.8. The maximum absolute atomic E-state index is 12.2. The van der Waals surface area contributed by atoms with Crippen molar-refractivity contribution in [3.05, 3.63) is 0 Å². The van der Waals surface area contributed by atoms with Crippen molar-refractivity contribution < 1.29 is 27.6 Å². The lowest BCUT2D eigenvalue weighted by Gasteiger charge is -2.37. The van der Waals surface area contributed by atoms with Crippen LogP contribution in [0.25, 0.3) is 0 Å². The van der Waals surface area contributed by atoms with Crippen molar-refractivity contribution in [1.29, 1.82) is 0 Å². The van der Waals surface area contributed by atoms with Crippen LogP contribution in [0.1, 0.15) is 58.3 Å². The Morgan fingerprint density at radius 3 is 2.22 bits per heavy atom. The highest BCUT2D eigenvalue weighted by Gasteiger charge is 2.53. The average Bonchev–Trinajstić information content (AvgIpc) is 2.55. The van der Waals surface area contributed by atoms with Gasteiger partial charge in [0, 0.05) is 33.3 Å².